The highest BCUT2D eigenvalue weighted by Crippen LogP contribution is 2.36. The van der Waals surface area contributed by atoms with Crippen molar-refractivity contribution in [2.45, 2.75) is 30.8 Å². The van der Waals surface area contributed by atoms with Crippen LogP contribution in [0, 0.1) is 0 Å². The number of carbonyl (C=O) groups excluding carboxylic acids is 1. The zero-order valence-corrected chi connectivity index (χ0v) is 7.82. The van der Waals surface area contributed by atoms with Gasteiger partial charge in [0.05, 0.1) is 6.04 Å². The lowest BCUT2D eigenvalue weighted by Gasteiger charge is -2.22. The lowest BCUT2D eigenvalue weighted by atomic mass is 9.97. The Labute approximate surface area is 76.5 Å². The van der Waals surface area contributed by atoms with E-state index in [9.17, 15) is 4.79 Å². The van der Waals surface area contributed by atoms with Gasteiger partial charge in [-0.3, -0.25) is 10.1 Å². The maximum atomic E-state index is 10.9. The van der Waals surface area contributed by atoms with Gasteiger partial charge in [-0.25, -0.2) is 0 Å². The van der Waals surface area contributed by atoms with Crippen molar-refractivity contribution in [2.75, 3.05) is 11.5 Å². The van der Waals surface area contributed by atoms with E-state index in [-0.39, 0.29) is 17.5 Å². The van der Waals surface area contributed by atoms with Crippen molar-refractivity contribution in [1.29, 1.82) is 0 Å². The average Bonchev–Trinajstić information content (AvgIpc) is 2.62. The molecule has 2 rings (SSSR count). The summed E-state index contributed by atoms with van der Waals surface area (Å²) in [7, 11) is 0. The molecule has 68 valence electrons. The number of primary amides is 1. The third-order valence-corrected chi connectivity index (χ3v) is 4.09. The number of carbonyl (C=O) groups is 1. The zero-order chi connectivity index (χ0) is 8.60. The molecular formula is C8H14N2OS. The van der Waals surface area contributed by atoms with E-state index in [1.54, 1.807) is 0 Å². The number of nitrogens with two attached hydrogens (primary N) is 1. The lowest BCUT2D eigenvalue weighted by Crippen LogP contribution is -2.47. The first-order chi connectivity index (χ1) is 5.72. The molecule has 0 aliphatic carbocycles. The fourth-order valence-corrected chi connectivity index (χ4v) is 3.51. The Hall–Kier alpha value is -0.220. The third-order valence-electron chi connectivity index (χ3n) is 2.84. The number of nitrogens with one attached hydrogen (secondary N) is 1. The number of hydrogen-bond donors (Lipinski definition) is 2. The second-order valence-corrected chi connectivity index (χ2v) is 4.83. The van der Waals surface area contributed by atoms with Crippen molar-refractivity contribution in [2.24, 2.45) is 5.73 Å². The molecule has 12 heavy (non-hydrogen) atoms. The van der Waals surface area contributed by atoms with Crippen LogP contribution in [0.1, 0.15) is 19.3 Å². The lowest BCUT2D eigenvalue weighted by molar-refractivity contribution is -0.119. The molecule has 2 fully saturated rings. The van der Waals surface area contributed by atoms with Gasteiger partial charge in [0, 0.05) is 11.3 Å². The fraction of sp³-hybridized carbons (Fsp3) is 0.875. The summed E-state index contributed by atoms with van der Waals surface area (Å²) in [4.78, 5) is 10.9. The third kappa shape index (κ3) is 1.33. The van der Waals surface area contributed by atoms with Crippen LogP contribution < -0.4 is 11.1 Å². The summed E-state index contributed by atoms with van der Waals surface area (Å²) in [5.41, 5.74) is 5.49. The Morgan fingerprint density at radius 2 is 2.42 bits per heavy atom. The van der Waals surface area contributed by atoms with Crippen LogP contribution in [0.5, 0.6) is 0 Å². The largest absolute Gasteiger partial charge is 0.368 e. The first-order valence-electron chi connectivity index (χ1n) is 4.37. The maximum Gasteiger partial charge on any atom is 0.234 e. The number of amides is 1. The molecule has 0 aromatic rings. The van der Waals surface area contributed by atoms with Crippen molar-refractivity contribution in [1.82, 2.24) is 5.32 Å². The number of thioether (sulfide) groups is 1. The number of rotatable bonds is 1. The standard InChI is InChI=1S/C8H14N2OS/c9-7(11)6-1-2-8(10-6)3-4-12-5-8/h6,10H,1-5H2,(H2,9,11). The molecule has 0 aromatic carbocycles. The van der Waals surface area contributed by atoms with Crippen LogP contribution in [0.15, 0.2) is 0 Å². The molecule has 0 aromatic heterocycles. The molecule has 2 aliphatic heterocycles. The highest BCUT2D eigenvalue weighted by molar-refractivity contribution is 7.99. The summed E-state index contributed by atoms with van der Waals surface area (Å²) >= 11 is 1.97. The quantitative estimate of drug-likeness (QED) is 0.610. The summed E-state index contributed by atoms with van der Waals surface area (Å²) in [6.07, 6.45) is 3.24. The van der Waals surface area contributed by atoms with Crippen molar-refractivity contribution in [3.63, 3.8) is 0 Å². The Morgan fingerprint density at radius 1 is 1.58 bits per heavy atom. The second kappa shape index (κ2) is 2.92. The fourth-order valence-electron chi connectivity index (χ4n) is 2.07. The van der Waals surface area contributed by atoms with Gasteiger partial charge in [0.2, 0.25) is 5.91 Å². The molecule has 3 N–H and O–H groups in total. The maximum absolute atomic E-state index is 10.9. The van der Waals surface area contributed by atoms with Crippen LogP contribution in [0.25, 0.3) is 0 Å². The van der Waals surface area contributed by atoms with E-state index in [0.717, 1.165) is 18.6 Å². The van der Waals surface area contributed by atoms with Crippen LogP contribution >= 0.6 is 11.8 Å². The van der Waals surface area contributed by atoms with E-state index < -0.39 is 0 Å². The first kappa shape index (κ1) is 8.38. The molecule has 2 atom stereocenters. The normalized spacial score (nSPS) is 40.8. The van der Waals surface area contributed by atoms with E-state index in [1.807, 2.05) is 11.8 Å². The van der Waals surface area contributed by atoms with Gasteiger partial charge >= 0.3 is 0 Å². The van der Waals surface area contributed by atoms with E-state index in [2.05, 4.69) is 5.32 Å². The molecule has 2 aliphatic rings. The smallest absolute Gasteiger partial charge is 0.234 e. The Kier molecular flexibility index (Phi) is 2.04. The molecule has 4 heteroatoms. The topological polar surface area (TPSA) is 55.1 Å². The SMILES string of the molecule is NC(=O)C1CCC2(CCSC2)N1. The summed E-state index contributed by atoms with van der Waals surface area (Å²) in [6.45, 7) is 0. The second-order valence-electron chi connectivity index (χ2n) is 3.72. The van der Waals surface area contributed by atoms with E-state index in [1.165, 1.54) is 12.2 Å². The van der Waals surface area contributed by atoms with E-state index >= 15 is 0 Å². The van der Waals surface area contributed by atoms with Gasteiger partial charge in [0.15, 0.2) is 0 Å². The van der Waals surface area contributed by atoms with Gasteiger partial charge in [-0.15, -0.1) is 0 Å². The van der Waals surface area contributed by atoms with E-state index in [0.29, 0.717) is 0 Å². The summed E-state index contributed by atoms with van der Waals surface area (Å²) in [5, 5.41) is 3.37. The highest BCUT2D eigenvalue weighted by Gasteiger charge is 2.42. The minimum atomic E-state index is -0.191. The molecule has 2 heterocycles. The molecule has 1 spiro atoms. The minimum Gasteiger partial charge on any atom is -0.368 e. The predicted octanol–water partition coefficient (Wildman–Crippen LogP) is 0.0994. The van der Waals surface area contributed by atoms with Crippen LogP contribution in [0.2, 0.25) is 0 Å². The average molecular weight is 186 g/mol. The summed E-state index contributed by atoms with van der Waals surface area (Å²) in [6, 6.07) is -0.0660. The van der Waals surface area contributed by atoms with Gasteiger partial charge in [0.25, 0.3) is 0 Å². The van der Waals surface area contributed by atoms with Gasteiger partial charge in [-0.05, 0) is 25.0 Å². The van der Waals surface area contributed by atoms with Crippen molar-refractivity contribution in [3.8, 4) is 0 Å². The van der Waals surface area contributed by atoms with E-state index in [4.69, 9.17) is 5.73 Å². The van der Waals surface area contributed by atoms with Crippen LogP contribution in [-0.4, -0.2) is 29.0 Å². The monoisotopic (exact) mass is 186 g/mol. The van der Waals surface area contributed by atoms with Gasteiger partial charge in [0.1, 0.15) is 0 Å². The minimum absolute atomic E-state index is 0.0660. The van der Waals surface area contributed by atoms with Crippen molar-refractivity contribution in [3.05, 3.63) is 0 Å². The molecule has 0 radical (unpaired) electrons. The van der Waals surface area contributed by atoms with Gasteiger partial charge in [-0.1, -0.05) is 0 Å². The molecule has 2 unspecified atom stereocenters. The van der Waals surface area contributed by atoms with Crippen LogP contribution in [0.4, 0.5) is 0 Å². The Balaban J connectivity index is 2.01. The van der Waals surface area contributed by atoms with Gasteiger partial charge < -0.3 is 5.73 Å². The van der Waals surface area contributed by atoms with Crippen LogP contribution in [0.3, 0.4) is 0 Å². The first-order valence-corrected chi connectivity index (χ1v) is 5.52. The summed E-state index contributed by atoms with van der Waals surface area (Å²) < 4.78 is 0. The molecule has 2 saturated heterocycles. The Morgan fingerprint density at radius 3 is 2.92 bits per heavy atom. The Bertz CT molecular complexity index is 201. The van der Waals surface area contributed by atoms with Gasteiger partial charge in [-0.2, -0.15) is 11.8 Å². The molecular weight excluding hydrogens is 172 g/mol. The molecule has 3 nitrogen and oxygen atoms in total. The van der Waals surface area contributed by atoms with Crippen molar-refractivity contribution < 1.29 is 4.79 Å². The number of hydrogen-bond acceptors (Lipinski definition) is 3. The van der Waals surface area contributed by atoms with Crippen molar-refractivity contribution >= 4 is 17.7 Å². The summed E-state index contributed by atoms with van der Waals surface area (Å²) in [5.74, 6) is 2.18. The molecule has 1 amide bonds. The zero-order valence-electron chi connectivity index (χ0n) is 7.01. The predicted molar refractivity (Wildman–Crippen MR) is 50.0 cm³/mol. The molecule has 0 bridgehead atoms. The molecule has 0 saturated carbocycles. The highest BCUT2D eigenvalue weighted by atomic mass is 32.2. The van der Waals surface area contributed by atoms with Crippen LogP contribution in [-0.2, 0) is 4.79 Å².